The van der Waals surface area contributed by atoms with Crippen molar-refractivity contribution in [3.05, 3.63) is 52.8 Å². The number of benzene rings is 1. The Morgan fingerprint density at radius 2 is 1.90 bits per heavy atom. The summed E-state index contributed by atoms with van der Waals surface area (Å²) in [5.74, 6) is -0.283. The summed E-state index contributed by atoms with van der Waals surface area (Å²) in [5.41, 5.74) is 3.56. The first kappa shape index (κ1) is 23.5. The number of carbonyl (C=O) groups is 1. The molecule has 2 N–H and O–H groups in total. The van der Waals surface area contributed by atoms with Crippen LogP contribution in [0.4, 0.5) is 0 Å². The Bertz CT molecular complexity index is 990. The molecule has 1 aromatic carbocycles. The number of aromatic nitrogens is 1. The van der Waals surface area contributed by atoms with E-state index in [1.54, 1.807) is 19.1 Å². The number of likely N-dealkylation sites (tertiary alicyclic amines) is 1. The lowest BCUT2D eigenvalue weighted by Gasteiger charge is -2.36. The molecule has 1 unspecified atom stereocenters. The van der Waals surface area contributed by atoms with Gasteiger partial charge >= 0.3 is 5.97 Å². The zero-order valence-corrected chi connectivity index (χ0v) is 19.6. The minimum absolute atomic E-state index is 0.243. The van der Waals surface area contributed by atoms with Crippen LogP contribution in [0.2, 0.25) is 0 Å². The molecular formula is C23H33N3O4S. The molecule has 0 saturated carbocycles. The summed E-state index contributed by atoms with van der Waals surface area (Å²) in [6.07, 6.45) is 3.31. The third kappa shape index (κ3) is 5.96. The Hall–Kier alpha value is -2.16. The van der Waals surface area contributed by atoms with Crippen molar-refractivity contribution in [3.63, 3.8) is 0 Å². The maximum absolute atomic E-state index is 12.0. The summed E-state index contributed by atoms with van der Waals surface area (Å²) in [7, 11) is -3.17. The van der Waals surface area contributed by atoms with E-state index in [9.17, 15) is 13.2 Å². The zero-order valence-electron chi connectivity index (χ0n) is 18.8. The van der Waals surface area contributed by atoms with E-state index >= 15 is 0 Å². The number of piperidine rings is 1. The van der Waals surface area contributed by atoms with Gasteiger partial charge < -0.3 is 15.0 Å². The Kier molecular flexibility index (Phi) is 7.56. The number of aryl methyl sites for hydroxylation is 1. The monoisotopic (exact) mass is 447 g/mol. The largest absolute Gasteiger partial charge is 0.462 e. The molecule has 1 aromatic heterocycles. The number of rotatable bonds is 8. The molecule has 1 saturated heterocycles. The topological polar surface area (TPSA) is 91.5 Å². The van der Waals surface area contributed by atoms with Gasteiger partial charge in [0.2, 0.25) is 0 Å². The van der Waals surface area contributed by atoms with E-state index in [2.05, 4.69) is 22.1 Å². The quantitative estimate of drug-likeness (QED) is 0.604. The number of hydrogen-bond acceptors (Lipinski definition) is 6. The lowest BCUT2D eigenvalue weighted by Crippen LogP contribution is -2.43. The van der Waals surface area contributed by atoms with Gasteiger partial charge in [-0.2, -0.15) is 0 Å². The minimum atomic E-state index is -3.17. The Morgan fingerprint density at radius 3 is 2.48 bits per heavy atom. The fourth-order valence-corrected chi connectivity index (χ4v) is 4.72. The number of nitrogens with zero attached hydrogens (tertiary/aromatic N) is 1. The minimum Gasteiger partial charge on any atom is -0.462 e. The van der Waals surface area contributed by atoms with Crippen LogP contribution >= 0.6 is 0 Å². The summed E-state index contributed by atoms with van der Waals surface area (Å²) in [6.45, 7) is 8.87. The van der Waals surface area contributed by atoms with Crippen molar-refractivity contribution < 1.29 is 17.9 Å². The van der Waals surface area contributed by atoms with Gasteiger partial charge in [0.05, 0.1) is 17.1 Å². The third-order valence-electron chi connectivity index (χ3n) is 6.02. The number of H-pyrrole nitrogens is 1. The van der Waals surface area contributed by atoms with Gasteiger partial charge in [0, 0.05) is 49.4 Å². The molecule has 170 valence electrons. The summed E-state index contributed by atoms with van der Waals surface area (Å²) < 4.78 is 28.4. The fourth-order valence-electron chi connectivity index (χ4n) is 4.09. The highest BCUT2D eigenvalue weighted by atomic mass is 32.2. The Morgan fingerprint density at radius 1 is 1.26 bits per heavy atom. The van der Waals surface area contributed by atoms with Crippen molar-refractivity contribution in [2.45, 2.75) is 57.1 Å². The van der Waals surface area contributed by atoms with Crippen molar-refractivity contribution in [2.24, 2.45) is 0 Å². The first-order valence-corrected chi connectivity index (χ1v) is 12.7. The molecule has 1 fully saturated rings. The highest BCUT2D eigenvalue weighted by molar-refractivity contribution is 7.90. The van der Waals surface area contributed by atoms with Crippen molar-refractivity contribution in [1.29, 1.82) is 0 Å². The van der Waals surface area contributed by atoms with E-state index in [4.69, 9.17) is 4.74 Å². The Balaban J connectivity index is 1.49. The van der Waals surface area contributed by atoms with Crippen LogP contribution in [0.25, 0.3) is 0 Å². The van der Waals surface area contributed by atoms with Crippen LogP contribution in [0.15, 0.2) is 35.2 Å². The molecule has 0 bridgehead atoms. The molecule has 2 heterocycles. The van der Waals surface area contributed by atoms with Gasteiger partial charge in [-0.25, -0.2) is 13.2 Å². The number of aromatic amines is 1. The summed E-state index contributed by atoms with van der Waals surface area (Å²) >= 11 is 0. The number of esters is 1. The second-order valence-corrected chi connectivity index (χ2v) is 10.3. The fraction of sp³-hybridized carbons (Fsp3) is 0.522. The molecule has 1 aliphatic rings. The molecule has 31 heavy (non-hydrogen) atoms. The van der Waals surface area contributed by atoms with Gasteiger partial charge in [0.15, 0.2) is 9.84 Å². The smallest absolute Gasteiger partial charge is 0.339 e. The van der Waals surface area contributed by atoms with E-state index in [0.717, 1.165) is 42.9 Å². The summed E-state index contributed by atoms with van der Waals surface area (Å²) in [6, 6.07) is 9.76. The molecule has 1 aliphatic heterocycles. The molecular weight excluding hydrogens is 414 g/mol. The van der Waals surface area contributed by atoms with E-state index in [-0.39, 0.29) is 12.0 Å². The lowest BCUT2D eigenvalue weighted by molar-refractivity contribution is 0.0525. The van der Waals surface area contributed by atoms with Gasteiger partial charge in [-0.05, 0) is 57.4 Å². The summed E-state index contributed by atoms with van der Waals surface area (Å²) in [4.78, 5) is 18.0. The highest BCUT2D eigenvalue weighted by Gasteiger charge is 2.24. The van der Waals surface area contributed by atoms with Crippen LogP contribution in [0.5, 0.6) is 0 Å². The van der Waals surface area contributed by atoms with Gasteiger partial charge in [-0.3, -0.25) is 4.90 Å². The van der Waals surface area contributed by atoms with E-state index in [1.807, 2.05) is 25.1 Å². The van der Waals surface area contributed by atoms with Crippen LogP contribution < -0.4 is 5.32 Å². The van der Waals surface area contributed by atoms with Crippen LogP contribution in [0.1, 0.15) is 60.0 Å². The first-order chi connectivity index (χ1) is 14.7. The standard InChI is InChI=1S/C23H33N3O4S/c1-5-30-23(27)22-14-20(25-16(22)2)15-24-19-10-12-26(13-11-19)17(3)18-6-8-21(9-7-18)31(4,28)29/h6-9,14,17,19,24-25H,5,10-13,15H2,1-4H3. The predicted octanol–water partition coefficient (Wildman–Crippen LogP) is 3.22. The van der Waals surface area contributed by atoms with Crippen LogP contribution in [0.3, 0.4) is 0 Å². The van der Waals surface area contributed by atoms with Gasteiger partial charge in [0.25, 0.3) is 0 Å². The molecule has 0 amide bonds. The van der Waals surface area contributed by atoms with E-state index < -0.39 is 9.84 Å². The second kappa shape index (κ2) is 9.97. The van der Waals surface area contributed by atoms with Crippen molar-refractivity contribution in [2.75, 3.05) is 26.0 Å². The molecule has 0 radical (unpaired) electrons. The van der Waals surface area contributed by atoms with Crippen molar-refractivity contribution in [3.8, 4) is 0 Å². The summed E-state index contributed by atoms with van der Waals surface area (Å²) in [5, 5.41) is 3.60. The molecule has 0 spiro atoms. The van der Waals surface area contributed by atoms with Crippen LogP contribution in [-0.2, 0) is 21.1 Å². The maximum atomic E-state index is 12.0. The van der Waals surface area contributed by atoms with Gasteiger partial charge in [0.1, 0.15) is 0 Å². The number of nitrogens with one attached hydrogen (secondary N) is 2. The van der Waals surface area contributed by atoms with Gasteiger partial charge in [-0.15, -0.1) is 0 Å². The molecule has 3 rings (SSSR count). The highest BCUT2D eigenvalue weighted by Crippen LogP contribution is 2.25. The van der Waals surface area contributed by atoms with E-state index in [1.165, 1.54) is 6.26 Å². The number of carbonyl (C=O) groups excluding carboxylic acids is 1. The maximum Gasteiger partial charge on any atom is 0.339 e. The second-order valence-electron chi connectivity index (χ2n) is 8.26. The third-order valence-corrected chi connectivity index (χ3v) is 7.14. The van der Waals surface area contributed by atoms with Crippen LogP contribution in [0, 0.1) is 6.92 Å². The van der Waals surface area contributed by atoms with Gasteiger partial charge in [-0.1, -0.05) is 12.1 Å². The van der Waals surface area contributed by atoms with Crippen molar-refractivity contribution in [1.82, 2.24) is 15.2 Å². The van der Waals surface area contributed by atoms with Crippen molar-refractivity contribution >= 4 is 15.8 Å². The molecule has 7 nitrogen and oxygen atoms in total. The average Bonchev–Trinajstić information content (AvgIpc) is 3.12. The Labute approximate surface area is 185 Å². The molecule has 0 aliphatic carbocycles. The molecule has 1 atom stereocenters. The zero-order chi connectivity index (χ0) is 22.6. The first-order valence-electron chi connectivity index (χ1n) is 10.8. The lowest BCUT2D eigenvalue weighted by atomic mass is 10.00. The number of ether oxygens (including phenoxy) is 1. The average molecular weight is 448 g/mol. The normalized spacial score (nSPS) is 16.9. The number of hydrogen-bond donors (Lipinski definition) is 2. The van der Waals surface area contributed by atoms with E-state index in [0.29, 0.717) is 29.7 Å². The predicted molar refractivity (Wildman–Crippen MR) is 121 cm³/mol. The number of sulfone groups is 1. The SMILES string of the molecule is CCOC(=O)c1cc(CNC2CCN(C(C)c3ccc(S(C)(=O)=O)cc3)CC2)[nH]c1C. The van der Waals surface area contributed by atoms with Crippen LogP contribution in [-0.4, -0.2) is 56.3 Å². The molecule has 8 heteroatoms. The molecule has 2 aromatic rings.